The lowest BCUT2D eigenvalue weighted by Crippen LogP contribution is -2.10. The van der Waals surface area contributed by atoms with Gasteiger partial charge in [0.05, 0.1) is 0 Å². The van der Waals surface area contributed by atoms with Crippen molar-refractivity contribution in [2.45, 2.75) is 18.7 Å². The van der Waals surface area contributed by atoms with Crippen molar-refractivity contribution in [1.29, 1.82) is 0 Å². The zero-order chi connectivity index (χ0) is 14.0. The lowest BCUT2D eigenvalue weighted by Gasteiger charge is -2.10. The minimum atomic E-state index is -3.88. The second-order valence-corrected chi connectivity index (χ2v) is 5.78. The van der Waals surface area contributed by atoms with E-state index in [1.54, 1.807) is 19.1 Å². The van der Waals surface area contributed by atoms with Crippen LogP contribution in [0.4, 0.5) is 0 Å². The van der Waals surface area contributed by atoms with Gasteiger partial charge in [0, 0.05) is 0 Å². The van der Waals surface area contributed by atoms with Crippen molar-refractivity contribution in [3.63, 3.8) is 0 Å². The smallest absolute Gasteiger partial charge is 0.339 e. The molecule has 0 aromatic heterocycles. The van der Waals surface area contributed by atoms with Gasteiger partial charge in [0.15, 0.2) is 0 Å². The number of aryl methyl sites for hydroxylation is 1. The largest absolute Gasteiger partial charge is 0.508 e. The summed E-state index contributed by atoms with van der Waals surface area (Å²) in [4.78, 5) is 0.00575. The van der Waals surface area contributed by atoms with Crippen molar-refractivity contribution in [3.8, 4) is 11.5 Å². The maximum absolute atomic E-state index is 12.1. The van der Waals surface area contributed by atoms with Crippen molar-refractivity contribution in [2.75, 3.05) is 0 Å². The number of aromatic hydroxyl groups is 1. The summed E-state index contributed by atoms with van der Waals surface area (Å²) >= 11 is 0. The minimum Gasteiger partial charge on any atom is -0.508 e. The number of hydrogen-bond acceptors (Lipinski definition) is 4. The van der Waals surface area contributed by atoms with Gasteiger partial charge in [-0.15, -0.1) is 0 Å². The van der Waals surface area contributed by atoms with Gasteiger partial charge in [-0.1, -0.05) is 12.1 Å². The lowest BCUT2D eigenvalue weighted by molar-refractivity contribution is 0.473. The number of benzene rings is 2. The van der Waals surface area contributed by atoms with E-state index in [0.29, 0.717) is 5.75 Å². The summed E-state index contributed by atoms with van der Waals surface area (Å²) in [6, 6.07) is 10.4. The molecule has 1 N–H and O–H groups in total. The molecule has 0 aliphatic carbocycles. The second kappa shape index (κ2) is 4.93. The molecule has 2 aromatic rings. The highest BCUT2D eigenvalue weighted by molar-refractivity contribution is 7.87. The van der Waals surface area contributed by atoms with Crippen LogP contribution in [0.15, 0.2) is 47.4 Å². The van der Waals surface area contributed by atoms with E-state index in [2.05, 4.69) is 0 Å². The number of phenolic OH excluding ortho intramolecular Hbond substituents is 1. The van der Waals surface area contributed by atoms with Crippen LogP contribution in [0.3, 0.4) is 0 Å². The standard InChI is InChI=1S/C14H14O4S/c1-10-4-3-5-14(11(10)2)18-19(16,17)13-8-6-12(15)7-9-13/h3-9,15H,1-2H3. The molecule has 2 rings (SSSR count). The highest BCUT2D eigenvalue weighted by atomic mass is 32.2. The Bertz CT molecular complexity index is 688. The van der Waals surface area contributed by atoms with Crippen LogP contribution in [0.1, 0.15) is 11.1 Å². The maximum Gasteiger partial charge on any atom is 0.339 e. The molecular formula is C14H14O4S. The van der Waals surface area contributed by atoms with Crippen LogP contribution < -0.4 is 4.18 Å². The molecular weight excluding hydrogens is 264 g/mol. The quantitative estimate of drug-likeness (QED) is 0.877. The zero-order valence-corrected chi connectivity index (χ0v) is 11.4. The summed E-state index contributed by atoms with van der Waals surface area (Å²) in [5.74, 6) is 0.318. The van der Waals surface area contributed by atoms with Crippen molar-refractivity contribution >= 4 is 10.1 Å². The Kier molecular flexibility index (Phi) is 3.48. The maximum atomic E-state index is 12.1. The summed E-state index contributed by atoms with van der Waals surface area (Å²) in [7, 11) is -3.88. The average molecular weight is 278 g/mol. The van der Waals surface area contributed by atoms with Gasteiger partial charge < -0.3 is 9.29 Å². The zero-order valence-electron chi connectivity index (χ0n) is 10.6. The monoisotopic (exact) mass is 278 g/mol. The molecule has 0 unspecified atom stereocenters. The molecule has 0 saturated carbocycles. The molecule has 0 bridgehead atoms. The Labute approximate surface area is 112 Å². The molecule has 0 radical (unpaired) electrons. The van der Waals surface area contributed by atoms with E-state index in [1.807, 2.05) is 13.0 Å². The van der Waals surface area contributed by atoms with Crippen LogP contribution in [0.25, 0.3) is 0 Å². The first-order chi connectivity index (χ1) is 8.90. The number of phenols is 1. The van der Waals surface area contributed by atoms with E-state index < -0.39 is 10.1 Å². The Hall–Kier alpha value is -2.01. The first-order valence-electron chi connectivity index (χ1n) is 5.70. The molecule has 0 amide bonds. The predicted molar refractivity (Wildman–Crippen MR) is 71.8 cm³/mol. The molecule has 0 fully saturated rings. The summed E-state index contributed by atoms with van der Waals surface area (Å²) < 4.78 is 29.3. The van der Waals surface area contributed by atoms with Crippen LogP contribution in [-0.2, 0) is 10.1 Å². The molecule has 0 aliphatic heterocycles. The van der Waals surface area contributed by atoms with Gasteiger partial charge in [0.2, 0.25) is 0 Å². The first kappa shape index (κ1) is 13.4. The van der Waals surface area contributed by atoms with Gasteiger partial charge in [0.25, 0.3) is 0 Å². The average Bonchev–Trinajstić information content (AvgIpc) is 2.35. The van der Waals surface area contributed by atoms with Crippen molar-refractivity contribution in [2.24, 2.45) is 0 Å². The van der Waals surface area contributed by atoms with Crippen LogP contribution >= 0.6 is 0 Å². The van der Waals surface area contributed by atoms with E-state index in [0.717, 1.165) is 11.1 Å². The van der Waals surface area contributed by atoms with Crippen molar-refractivity contribution < 1.29 is 17.7 Å². The van der Waals surface area contributed by atoms with Crippen LogP contribution in [0, 0.1) is 13.8 Å². The normalized spacial score (nSPS) is 11.3. The highest BCUT2D eigenvalue weighted by Crippen LogP contribution is 2.25. The molecule has 19 heavy (non-hydrogen) atoms. The third kappa shape index (κ3) is 2.88. The van der Waals surface area contributed by atoms with Crippen LogP contribution in [-0.4, -0.2) is 13.5 Å². The SMILES string of the molecule is Cc1cccc(OS(=O)(=O)c2ccc(O)cc2)c1C. The minimum absolute atomic E-state index is 0.00526. The van der Waals surface area contributed by atoms with E-state index >= 15 is 0 Å². The third-order valence-corrected chi connectivity index (χ3v) is 4.13. The number of hydrogen-bond donors (Lipinski definition) is 1. The van der Waals surface area contributed by atoms with Gasteiger partial charge in [0.1, 0.15) is 16.4 Å². The second-order valence-electron chi connectivity index (χ2n) is 4.23. The first-order valence-corrected chi connectivity index (χ1v) is 7.11. The third-order valence-electron chi connectivity index (χ3n) is 2.88. The van der Waals surface area contributed by atoms with E-state index in [-0.39, 0.29) is 10.6 Å². The summed E-state index contributed by atoms with van der Waals surface area (Å²) in [6.07, 6.45) is 0. The van der Waals surface area contributed by atoms with Gasteiger partial charge in [-0.3, -0.25) is 0 Å². The summed E-state index contributed by atoms with van der Waals surface area (Å²) in [5.41, 5.74) is 1.74. The van der Waals surface area contributed by atoms with E-state index in [1.165, 1.54) is 24.3 Å². The molecule has 4 nitrogen and oxygen atoms in total. The molecule has 0 saturated heterocycles. The molecule has 0 atom stereocenters. The number of rotatable bonds is 3. The Balaban J connectivity index is 2.36. The van der Waals surface area contributed by atoms with Crippen LogP contribution in [0.2, 0.25) is 0 Å². The van der Waals surface area contributed by atoms with Crippen LogP contribution in [0.5, 0.6) is 11.5 Å². The van der Waals surface area contributed by atoms with Gasteiger partial charge in [-0.25, -0.2) is 0 Å². The molecule has 0 heterocycles. The topological polar surface area (TPSA) is 63.6 Å². The highest BCUT2D eigenvalue weighted by Gasteiger charge is 2.17. The lowest BCUT2D eigenvalue weighted by atomic mass is 10.1. The van der Waals surface area contributed by atoms with Crippen molar-refractivity contribution in [3.05, 3.63) is 53.6 Å². The molecule has 0 aliphatic rings. The fraction of sp³-hybridized carbons (Fsp3) is 0.143. The van der Waals surface area contributed by atoms with E-state index in [4.69, 9.17) is 9.29 Å². The fourth-order valence-electron chi connectivity index (χ4n) is 1.59. The molecule has 2 aromatic carbocycles. The Morgan fingerprint density at radius 2 is 1.63 bits per heavy atom. The van der Waals surface area contributed by atoms with Gasteiger partial charge in [-0.05, 0) is 55.3 Å². The molecule has 100 valence electrons. The Morgan fingerprint density at radius 1 is 1.00 bits per heavy atom. The van der Waals surface area contributed by atoms with Crippen molar-refractivity contribution in [1.82, 2.24) is 0 Å². The fourth-order valence-corrected chi connectivity index (χ4v) is 2.58. The summed E-state index contributed by atoms with van der Waals surface area (Å²) in [6.45, 7) is 3.69. The van der Waals surface area contributed by atoms with Gasteiger partial charge >= 0.3 is 10.1 Å². The van der Waals surface area contributed by atoms with E-state index in [9.17, 15) is 8.42 Å². The van der Waals surface area contributed by atoms with Gasteiger partial charge in [-0.2, -0.15) is 8.42 Å². The predicted octanol–water partition coefficient (Wildman–Crippen LogP) is 2.78. The molecule has 5 heteroatoms. The molecule has 0 spiro atoms. The summed E-state index contributed by atoms with van der Waals surface area (Å²) in [5, 5.41) is 9.16. The Morgan fingerprint density at radius 3 is 2.26 bits per heavy atom.